The maximum atomic E-state index is 13.1. The molecule has 69 heavy (non-hydrogen) atoms. The van der Waals surface area contributed by atoms with Gasteiger partial charge in [0.25, 0.3) is 0 Å². The number of aliphatic hydroxyl groups is 5. The van der Waals surface area contributed by atoms with Gasteiger partial charge >= 0.3 is 0 Å². The molecule has 7 atom stereocenters. The Morgan fingerprint density at radius 2 is 0.913 bits per heavy atom. The number of unbranched alkanes of at least 4 members (excludes halogenated alkanes) is 25. The van der Waals surface area contributed by atoms with Crippen LogP contribution in [0, 0.1) is 0 Å². The van der Waals surface area contributed by atoms with Crippen molar-refractivity contribution >= 4 is 5.91 Å². The van der Waals surface area contributed by atoms with Crippen LogP contribution in [0.5, 0.6) is 0 Å². The van der Waals surface area contributed by atoms with Crippen LogP contribution in [0.15, 0.2) is 85.1 Å². The largest absolute Gasteiger partial charge is 0.394 e. The number of allylic oxidation sites excluding steroid dienone is 13. The standard InChI is InChI=1S/C60H105NO8/c1-3-5-7-9-11-13-15-17-19-21-23-25-26-27-28-30-32-34-36-38-40-42-44-46-48-50-56(64)61-53(52-68-60-59(67)58(66)57(65)55(51-62)69-60)54(63)49-47-45-43-41-39-37-35-33-31-29-24-22-20-18-16-14-12-10-8-6-4-2/h5,7,11,13,17,19,23,25,31,33,39,41,47,49,53-55,57-60,62-63,65-67H,3-4,6,8-10,12,14-16,18,20-22,24,26-30,32,34-38,40,42-46,48,50-52H2,1-2H3,(H,61,64)/b7-5-,13-11-,19-17-,25-23-,33-31+,41-39+,49-47+. The van der Waals surface area contributed by atoms with Crippen molar-refractivity contribution in [2.24, 2.45) is 0 Å². The number of ether oxygens (including phenoxy) is 2. The lowest BCUT2D eigenvalue weighted by molar-refractivity contribution is -0.302. The molecule has 9 nitrogen and oxygen atoms in total. The topological polar surface area (TPSA) is 149 Å². The SMILES string of the molecule is CC/C=C\C/C=C\C/C=C\C/C=C\CCCCCCCCCCCCCCC(=O)NC(COC1OC(CO)C(O)C(O)C1O)C(O)/C=C/CC/C=C/CC/C=C/CCCCCCCCCCCCC. The fraction of sp³-hybridized carbons (Fsp3) is 0.750. The van der Waals surface area contributed by atoms with E-state index in [0.717, 1.165) is 70.6 Å². The van der Waals surface area contributed by atoms with Crippen LogP contribution in [-0.2, 0) is 14.3 Å². The quantitative estimate of drug-likeness (QED) is 0.0261. The van der Waals surface area contributed by atoms with E-state index < -0.39 is 49.5 Å². The lowest BCUT2D eigenvalue weighted by Gasteiger charge is -2.40. The summed E-state index contributed by atoms with van der Waals surface area (Å²) in [5.74, 6) is -0.195. The summed E-state index contributed by atoms with van der Waals surface area (Å²) in [6.45, 7) is 3.65. The smallest absolute Gasteiger partial charge is 0.220 e. The first-order valence-corrected chi connectivity index (χ1v) is 28.3. The Bertz CT molecular complexity index is 1350. The second-order valence-electron chi connectivity index (χ2n) is 19.3. The van der Waals surface area contributed by atoms with E-state index in [2.05, 4.69) is 92.1 Å². The van der Waals surface area contributed by atoms with E-state index in [0.29, 0.717) is 6.42 Å². The molecular formula is C60H105NO8. The Morgan fingerprint density at radius 3 is 1.39 bits per heavy atom. The number of nitrogens with one attached hydrogen (secondary N) is 1. The number of carbonyl (C=O) groups is 1. The van der Waals surface area contributed by atoms with Gasteiger partial charge in [0.05, 0.1) is 25.4 Å². The van der Waals surface area contributed by atoms with E-state index >= 15 is 0 Å². The van der Waals surface area contributed by atoms with E-state index in [1.807, 2.05) is 6.08 Å². The van der Waals surface area contributed by atoms with Gasteiger partial charge < -0.3 is 40.3 Å². The zero-order valence-corrected chi connectivity index (χ0v) is 44.0. The first-order chi connectivity index (χ1) is 33.8. The van der Waals surface area contributed by atoms with E-state index in [9.17, 15) is 30.3 Å². The molecule has 1 heterocycles. The van der Waals surface area contributed by atoms with E-state index in [-0.39, 0.29) is 12.5 Å². The summed E-state index contributed by atoms with van der Waals surface area (Å²) in [7, 11) is 0. The van der Waals surface area contributed by atoms with E-state index in [1.165, 1.54) is 141 Å². The van der Waals surface area contributed by atoms with Crippen molar-refractivity contribution < 1.29 is 39.8 Å². The van der Waals surface area contributed by atoms with Gasteiger partial charge in [0, 0.05) is 6.42 Å². The second kappa shape index (κ2) is 49.0. The van der Waals surface area contributed by atoms with Gasteiger partial charge in [0.1, 0.15) is 24.4 Å². The normalized spacial score (nSPS) is 20.1. The van der Waals surface area contributed by atoms with Crippen LogP contribution in [-0.4, -0.2) is 87.5 Å². The first-order valence-electron chi connectivity index (χ1n) is 28.3. The van der Waals surface area contributed by atoms with Crippen molar-refractivity contribution in [1.29, 1.82) is 0 Å². The zero-order valence-electron chi connectivity index (χ0n) is 44.0. The van der Waals surface area contributed by atoms with Crippen LogP contribution in [0.3, 0.4) is 0 Å². The number of amides is 1. The second-order valence-corrected chi connectivity index (χ2v) is 19.3. The van der Waals surface area contributed by atoms with Gasteiger partial charge in [-0.15, -0.1) is 0 Å². The van der Waals surface area contributed by atoms with Gasteiger partial charge in [0.2, 0.25) is 5.91 Å². The molecule has 1 aliphatic rings. The number of carbonyl (C=O) groups excluding carboxylic acids is 1. The van der Waals surface area contributed by atoms with Gasteiger partial charge in [0.15, 0.2) is 6.29 Å². The molecule has 0 aromatic rings. The van der Waals surface area contributed by atoms with Gasteiger partial charge in [-0.2, -0.15) is 0 Å². The predicted molar refractivity (Wildman–Crippen MR) is 290 cm³/mol. The molecule has 7 unspecified atom stereocenters. The van der Waals surface area contributed by atoms with E-state index in [4.69, 9.17) is 9.47 Å². The molecule has 1 rings (SSSR count). The number of hydrogen-bond acceptors (Lipinski definition) is 8. The highest BCUT2D eigenvalue weighted by Gasteiger charge is 2.44. The van der Waals surface area contributed by atoms with Crippen LogP contribution in [0.4, 0.5) is 0 Å². The van der Waals surface area contributed by atoms with Crippen molar-refractivity contribution in [3.8, 4) is 0 Å². The minimum atomic E-state index is -1.58. The number of aliphatic hydroxyl groups excluding tert-OH is 5. The van der Waals surface area contributed by atoms with Crippen LogP contribution >= 0.6 is 0 Å². The summed E-state index contributed by atoms with van der Waals surface area (Å²) in [5, 5.41) is 54.5. The molecule has 1 fully saturated rings. The molecule has 398 valence electrons. The molecule has 0 spiro atoms. The third-order valence-electron chi connectivity index (χ3n) is 12.9. The molecule has 0 radical (unpaired) electrons. The molecule has 1 aliphatic heterocycles. The average molecular weight is 968 g/mol. The van der Waals surface area contributed by atoms with Gasteiger partial charge in [-0.1, -0.05) is 227 Å². The fourth-order valence-electron chi connectivity index (χ4n) is 8.47. The minimum absolute atomic E-state index is 0.195. The van der Waals surface area contributed by atoms with Gasteiger partial charge in [-0.25, -0.2) is 0 Å². The Hall–Kier alpha value is -2.63. The summed E-state index contributed by atoms with van der Waals surface area (Å²) in [6.07, 6.45) is 62.1. The lowest BCUT2D eigenvalue weighted by Crippen LogP contribution is -2.60. The molecule has 0 aliphatic carbocycles. The molecular weight excluding hydrogens is 863 g/mol. The summed E-state index contributed by atoms with van der Waals surface area (Å²) in [5.41, 5.74) is 0. The minimum Gasteiger partial charge on any atom is -0.394 e. The molecule has 0 aromatic heterocycles. The van der Waals surface area contributed by atoms with Crippen LogP contribution in [0.2, 0.25) is 0 Å². The highest BCUT2D eigenvalue weighted by Crippen LogP contribution is 2.23. The maximum absolute atomic E-state index is 13.1. The Labute approximate surface area is 422 Å². The Balaban J connectivity index is 2.28. The van der Waals surface area contributed by atoms with Crippen LogP contribution in [0.25, 0.3) is 0 Å². The molecule has 0 bridgehead atoms. The third kappa shape index (κ3) is 38.7. The third-order valence-corrected chi connectivity index (χ3v) is 12.9. The highest BCUT2D eigenvalue weighted by atomic mass is 16.7. The fourth-order valence-corrected chi connectivity index (χ4v) is 8.47. The molecule has 9 heteroatoms. The molecule has 6 N–H and O–H groups in total. The summed E-state index contributed by atoms with van der Waals surface area (Å²) in [6, 6.07) is -0.834. The molecule has 1 saturated heterocycles. The van der Waals surface area contributed by atoms with Crippen molar-refractivity contribution in [3.63, 3.8) is 0 Å². The highest BCUT2D eigenvalue weighted by molar-refractivity contribution is 5.76. The van der Waals surface area contributed by atoms with Gasteiger partial charge in [-0.3, -0.25) is 4.79 Å². The average Bonchev–Trinajstić information content (AvgIpc) is 3.35. The van der Waals surface area contributed by atoms with Crippen LogP contribution in [0.1, 0.15) is 232 Å². The van der Waals surface area contributed by atoms with Crippen molar-refractivity contribution in [2.75, 3.05) is 13.2 Å². The van der Waals surface area contributed by atoms with Crippen molar-refractivity contribution in [1.82, 2.24) is 5.32 Å². The lowest BCUT2D eigenvalue weighted by atomic mass is 9.99. The van der Waals surface area contributed by atoms with E-state index in [1.54, 1.807) is 6.08 Å². The van der Waals surface area contributed by atoms with Crippen molar-refractivity contribution in [3.05, 3.63) is 85.1 Å². The number of hydrogen-bond donors (Lipinski definition) is 6. The summed E-state index contributed by atoms with van der Waals surface area (Å²) in [4.78, 5) is 13.1. The molecule has 0 saturated carbocycles. The summed E-state index contributed by atoms with van der Waals surface area (Å²) < 4.78 is 11.2. The first kappa shape index (κ1) is 64.4. The Kier molecular flexibility index (Phi) is 45.7. The Morgan fingerprint density at radius 1 is 0.507 bits per heavy atom. The zero-order chi connectivity index (χ0) is 50.1. The van der Waals surface area contributed by atoms with Gasteiger partial charge in [-0.05, 0) is 83.5 Å². The molecule has 1 amide bonds. The van der Waals surface area contributed by atoms with Crippen LogP contribution < -0.4 is 5.32 Å². The maximum Gasteiger partial charge on any atom is 0.220 e. The predicted octanol–water partition coefficient (Wildman–Crippen LogP) is 13.8. The monoisotopic (exact) mass is 968 g/mol. The molecule has 0 aromatic carbocycles. The van der Waals surface area contributed by atoms with Crippen molar-refractivity contribution in [2.45, 2.75) is 275 Å². The number of rotatable bonds is 47. The summed E-state index contributed by atoms with van der Waals surface area (Å²) >= 11 is 0.